The maximum Gasteiger partial charge on any atom is 0.259 e. The molecule has 0 saturated heterocycles. The van der Waals surface area contributed by atoms with Gasteiger partial charge in [0, 0.05) is 30.2 Å². The van der Waals surface area contributed by atoms with E-state index in [1.807, 2.05) is 36.4 Å². The first kappa shape index (κ1) is 16.3. The fourth-order valence-corrected chi connectivity index (χ4v) is 3.39. The third-order valence-corrected chi connectivity index (χ3v) is 4.69. The molecule has 0 unspecified atom stereocenters. The molecule has 0 saturated carbocycles. The van der Waals surface area contributed by atoms with E-state index in [2.05, 4.69) is 15.6 Å². The van der Waals surface area contributed by atoms with Gasteiger partial charge in [-0.2, -0.15) is 0 Å². The molecule has 1 N–H and O–H groups in total. The molecule has 0 bridgehead atoms. The van der Waals surface area contributed by atoms with Gasteiger partial charge in [-0.15, -0.1) is 5.10 Å². The van der Waals surface area contributed by atoms with Gasteiger partial charge in [-0.3, -0.25) is 19.2 Å². The molecule has 2 amide bonds. The Labute approximate surface area is 150 Å². The molecule has 3 aromatic rings. The average Bonchev–Trinajstić information content (AvgIpc) is 3.27. The summed E-state index contributed by atoms with van der Waals surface area (Å²) in [7, 11) is 0. The Morgan fingerprint density at radius 1 is 1.23 bits per heavy atom. The number of carbonyl (C=O) groups is 2. The molecule has 0 spiro atoms. The van der Waals surface area contributed by atoms with Crippen LogP contribution in [-0.4, -0.2) is 39.4 Å². The van der Waals surface area contributed by atoms with Gasteiger partial charge < -0.3 is 5.32 Å². The zero-order valence-corrected chi connectivity index (χ0v) is 14.4. The van der Waals surface area contributed by atoms with Gasteiger partial charge in [0.1, 0.15) is 6.04 Å². The second-order valence-electron chi connectivity index (χ2n) is 6.34. The van der Waals surface area contributed by atoms with Crippen LogP contribution in [0, 0.1) is 0 Å². The number of nitrogens with zero attached hydrogens (tertiary/aromatic N) is 4. The van der Waals surface area contributed by atoms with Gasteiger partial charge in [0.25, 0.3) is 5.91 Å². The van der Waals surface area contributed by atoms with Crippen LogP contribution >= 0.6 is 0 Å². The van der Waals surface area contributed by atoms with Crippen molar-refractivity contribution >= 4 is 28.3 Å². The van der Waals surface area contributed by atoms with E-state index in [4.69, 9.17) is 0 Å². The van der Waals surface area contributed by atoms with Crippen molar-refractivity contribution in [2.24, 2.45) is 0 Å². The van der Waals surface area contributed by atoms with E-state index in [1.54, 1.807) is 28.9 Å². The monoisotopic (exact) mass is 349 g/mol. The van der Waals surface area contributed by atoms with E-state index in [1.165, 1.54) is 0 Å². The highest BCUT2D eigenvalue weighted by Crippen LogP contribution is 2.38. The summed E-state index contributed by atoms with van der Waals surface area (Å²) >= 11 is 0. The number of carbonyl (C=O) groups excluding carboxylic acids is 2. The van der Waals surface area contributed by atoms with Gasteiger partial charge in [0.2, 0.25) is 5.91 Å². The average molecular weight is 349 g/mol. The number of nitrogens with one attached hydrogen (secondary N) is 1. The van der Waals surface area contributed by atoms with Crippen molar-refractivity contribution in [1.29, 1.82) is 0 Å². The van der Waals surface area contributed by atoms with E-state index < -0.39 is 6.04 Å². The molecule has 26 heavy (non-hydrogen) atoms. The van der Waals surface area contributed by atoms with E-state index in [-0.39, 0.29) is 11.8 Å². The highest BCUT2D eigenvalue weighted by Gasteiger charge is 2.35. The number of anilines is 1. The van der Waals surface area contributed by atoms with Crippen LogP contribution in [-0.2, 0) is 11.3 Å². The summed E-state index contributed by atoms with van der Waals surface area (Å²) in [4.78, 5) is 27.0. The van der Waals surface area contributed by atoms with Gasteiger partial charge in [-0.25, -0.2) is 0 Å². The van der Waals surface area contributed by atoms with Crippen molar-refractivity contribution in [3.8, 4) is 0 Å². The molecule has 0 aliphatic carbocycles. The summed E-state index contributed by atoms with van der Waals surface area (Å²) in [5.74, 6) is -0.288. The molecule has 1 atom stereocenters. The van der Waals surface area contributed by atoms with Gasteiger partial charge in [0.15, 0.2) is 0 Å². The normalized spacial score (nSPS) is 14.0. The van der Waals surface area contributed by atoms with Gasteiger partial charge in [-0.1, -0.05) is 29.5 Å². The lowest BCUT2D eigenvalue weighted by atomic mass is 10.1. The second kappa shape index (κ2) is 6.59. The number of aryl methyl sites for hydroxylation is 1. The molecule has 1 aliphatic heterocycles. The van der Waals surface area contributed by atoms with E-state index in [0.717, 1.165) is 22.9 Å². The van der Waals surface area contributed by atoms with Gasteiger partial charge >= 0.3 is 0 Å². The molecule has 2 aromatic carbocycles. The summed E-state index contributed by atoms with van der Waals surface area (Å²) in [6, 6.07) is 10.9. The van der Waals surface area contributed by atoms with Crippen molar-refractivity contribution in [2.45, 2.75) is 25.9 Å². The number of hydrogen-bond donors (Lipinski definition) is 1. The lowest BCUT2D eigenvalue weighted by Gasteiger charge is -2.24. The number of hydrogen-bond acceptors (Lipinski definition) is 4. The quantitative estimate of drug-likeness (QED) is 0.690. The molecule has 132 valence electrons. The molecule has 7 nitrogen and oxygen atoms in total. The first-order valence-corrected chi connectivity index (χ1v) is 8.64. The minimum absolute atomic E-state index is 0.123. The van der Waals surface area contributed by atoms with E-state index >= 15 is 0 Å². The number of benzene rings is 2. The van der Waals surface area contributed by atoms with Crippen molar-refractivity contribution in [3.05, 3.63) is 54.4 Å². The minimum atomic E-state index is -0.577. The fourth-order valence-electron chi connectivity index (χ4n) is 3.39. The van der Waals surface area contributed by atoms with Crippen LogP contribution in [0.2, 0.25) is 0 Å². The summed E-state index contributed by atoms with van der Waals surface area (Å²) in [6.07, 6.45) is 4.15. The first-order valence-electron chi connectivity index (χ1n) is 8.64. The molecule has 0 radical (unpaired) electrons. The Morgan fingerprint density at radius 2 is 2.04 bits per heavy atom. The number of amides is 2. The third kappa shape index (κ3) is 2.71. The fraction of sp³-hybridized carbons (Fsp3) is 0.263. The smallest absolute Gasteiger partial charge is 0.259 e. The molecular formula is C19H19N5O2. The zero-order chi connectivity index (χ0) is 18.1. The predicted octanol–water partition coefficient (Wildman–Crippen LogP) is 1.99. The zero-order valence-electron chi connectivity index (χ0n) is 14.4. The number of aromatic nitrogens is 3. The molecule has 1 aromatic heterocycles. The molecule has 1 aliphatic rings. The van der Waals surface area contributed by atoms with Crippen molar-refractivity contribution in [3.63, 3.8) is 0 Å². The van der Waals surface area contributed by atoms with Gasteiger partial charge in [0.05, 0.1) is 11.9 Å². The Bertz CT molecular complexity index is 962. The highest BCUT2D eigenvalue weighted by atomic mass is 16.2. The maximum absolute atomic E-state index is 12.8. The van der Waals surface area contributed by atoms with Crippen LogP contribution in [0.3, 0.4) is 0 Å². The van der Waals surface area contributed by atoms with Crippen LogP contribution in [0.4, 0.5) is 5.69 Å². The lowest BCUT2D eigenvalue weighted by molar-refractivity contribution is -0.121. The van der Waals surface area contributed by atoms with Crippen molar-refractivity contribution in [2.75, 3.05) is 11.4 Å². The first-order chi connectivity index (χ1) is 12.7. The Balaban J connectivity index is 1.45. The summed E-state index contributed by atoms with van der Waals surface area (Å²) in [5, 5.41) is 12.5. The Morgan fingerprint density at radius 3 is 2.81 bits per heavy atom. The van der Waals surface area contributed by atoms with Crippen LogP contribution in [0.1, 0.15) is 23.7 Å². The molecule has 4 rings (SSSR count). The third-order valence-electron chi connectivity index (χ3n) is 4.69. The lowest BCUT2D eigenvalue weighted by Crippen LogP contribution is -2.47. The summed E-state index contributed by atoms with van der Waals surface area (Å²) in [5.41, 5.74) is 1.46. The molecule has 2 heterocycles. The van der Waals surface area contributed by atoms with Crippen LogP contribution in [0.15, 0.2) is 48.8 Å². The molecule has 7 heteroatoms. The standard InChI is InChI=1S/C19H19N5O2/c1-13(18(25)20-9-4-11-23-12-10-21-22-23)24-16-8-3-6-14-5-2-7-15(17(14)16)19(24)26/h2-3,5-8,10,12-13H,4,9,11H2,1H3,(H,20,25)/t13-/m0/s1. The van der Waals surface area contributed by atoms with Crippen LogP contribution in [0.5, 0.6) is 0 Å². The SMILES string of the molecule is C[C@@H](C(=O)NCCCn1ccnn1)N1C(=O)c2cccc3cccc1c23. The van der Waals surface area contributed by atoms with Gasteiger partial charge in [-0.05, 0) is 30.9 Å². The van der Waals surface area contributed by atoms with E-state index in [0.29, 0.717) is 18.7 Å². The van der Waals surface area contributed by atoms with Crippen LogP contribution < -0.4 is 10.2 Å². The maximum atomic E-state index is 12.8. The highest BCUT2D eigenvalue weighted by molar-refractivity contribution is 6.26. The summed E-state index contributed by atoms with van der Waals surface area (Å²) in [6.45, 7) is 2.96. The van der Waals surface area contributed by atoms with Crippen LogP contribution in [0.25, 0.3) is 10.8 Å². The van der Waals surface area contributed by atoms with Crippen molar-refractivity contribution in [1.82, 2.24) is 20.3 Å². The summed E-state index contributed by atoms with van der Waals surface area (Å²) < 4.78 is 1.72. The Hall–Kier alpha value is -3.22. The number of rotatable bonds is 6. The molecular weight excluding hydrogens is 330 g/mol. The topological polar surface area (TPSA) is 80.1 Å². The predicted molar refractivity (Wildman–Crippen MR) is 97.9 cm³/mol. The minimum Gasteiger partial charge on any atom is -0.354 e. The Kier molecular flexibility index (Phi) is 4.12. The largest absolute Gasteiger partial charge is 0.354 e. The van der Waals surface area contributed by atoms with E-state index in [9.17, 15) is 9.59 Å². The second-order valence-corrected chi connectivity index (χ2v) is 6.34. The molecule has 0 fully saturated rings. The van der Waals surface area contributed by atoms with Crippen molar-refractivity contribution < 1.29 is 9.59 Å².